The summed E-state index contributed by atoms with van der Waals surface area (Å²) in [7, 11) is -4.33. The number of halogens is 4. The lowest BCUT2D eigenvalue weighted by Gasteiger charge is -2.27. The molecule has 1 aromatic carbocycles. The number of aryl methyl sites for hydroxylation is 1. The average molecular weight is 345 g/mol. The summed E-state index contributed by atoms with van der Waals surface area (Å²) in [5, 5.41) is 0.151. The lowest BCUT2D eigenvalue weighted by Crippen LogP contribution is -2.43. The van der Waals surface area contributed by atoms with Crippen LogP contribution in [0.25, 0.3) is 0 Å². The van der Waals surface area contributed by atoms with E-state index in [0.29, 0.717) is 4.31 Å². The Hall–Kier alpha value is -0.990. The lowest BCUT2D eigenvalue weighted by molar-refractivity contribution is -0.138. The van der Waals surface area contributed by atoms with Gasteiger partial charge in [0.2, 0.25) is 10.0 Å². The van der Waals surface area contributed by atoms with E-state index in [1.54, 1.807) is 0 Å². The molecule has 9 heteroatoms. The largest absolute Gasteiger partial charge is 0.402 e. The number of alkyl halides is 3. The molecule has 0 saturated carbocycles. The summed E-state index contributed by atoms with van der Waals surface area (Å²) < 4.78 is 63.1. The van der Waals surface area contributed by atoms with Gasteiger partial charge < -0.3 is 5.73 Å². The minimum absolute atomic E-state index is 0.00319. The molecule has 0 amide bonds. The summed E-state index contributed by atoms with van der Waals surface area (Å²) in [5.41, 5.74) is 5.79. The van der Waals surface area contributed by atoms with Crippen molar-refractivity contribution in [3.63, 3.8) is 0 Å². The third kappa shape index (κ3) is 4.24. The van der Waals surface area contributed by atoms with E-state index in [2.05, 4.69) is 0 Å². The van der Waals surface area contributed by atoms with E-state index in [-0.39, 0.29) is 21.2 Å². The van der Waals surface area contributed by atoms with Crippen LogP contribution in [-0.4, -0.2) is 31.5 Å². The van der Waals surface area contributed by atoms with Gasteiger partial charge in [0, 0.05) is 6.04 Å². The Morgan fingerprint density at radius 2 is 1.86 bits per heavy atom. The normalized spacial score (nSPS) is 13.2. The van der Waals surface area contributed by atoms with Gasteiger partial charge in [0.05, 0.1) is 15.6 Å². The zero-order chi connectivity index (χ0) is 16.6. The molecule has 0 heterocycles. The van der Waals surface area contributed by atoms with E-state index in [0.717, 1.165) is 6.07 Å². The highest BCUT2D eigenvalue weighted by molar-refractivity contribution is 7.89. The molecule has 120 valence electrons. The van der Waals surface area contributed by atoms with Crippen LogP contribution in [0.2, 0.25) is 5.02 Å². The first-order valence-corrected chi connectivity index (χ1v) is 7.82. The molecule has 2 N–H and O–H groups in total. The van der Waals surface area contributed by atoms with E-state index in [9.17, 15) is 21.6 Å². The molecular weight excluding hydrogens is 329 g/mol. The van der Waals surface area contributed by atoms with Crippen molar-refractivity contribution in [2.75, 3.05) is 12.3 Å². The van der Waals surface area contributed by atoms with Crippen molar-refractivity contribution in [2.45, 2.75) is 37.9 Å². The van der Waals surface area contributed by atoms with Crippen LogP contribution < -0.4 is 5.73 Å². The quantitative estimate of drug-likeness (QED) is 0.853. The van der Waals surface area contributed by atoms with E-state index < -0.39 is 28.8 Å². The van der Waals surface area contributed by atoms with Crippen LogP contribution in [0, 0.1) is 6.92 Å². The van der Waals surface area contributed by atoms with Crippen LogP contribution in [0.3, 0.4) is 0 Å². The molecule has 0 saturated heterocycles. The van der Waals surface area contributed by atoms with Crippen LogP contribution in [0.15, 0.2) is 17.0 Å². The van der Waals surface area contributed by atoms with Crippen molar-refractivity contribution in [3.8, 4) is 0 Å². The van der Waals surface area contributed by atoms with Gasteiger partial charge in [0.25, 0.3) is 0 Å². The molecule has 1 rings (SSSR count). The first kappa shape index (κ1) is 18.1. The number of hydrogen-bond donors (Lipinski definition) is 1. The first-order chi connectivity index (χ1) is 9.36. The SMILES string of the molecule is Cc1cc(Cl)c(N)cc1S(=O)(=O)N(CC(F)(F)F)C(C)C. The fourth-order valence-electron chi connectivity index (χ4n) is 1.79. The maximum absolute atomic E-state index is 12.6. The van der Waals surface area contributed by atoms with Gasteiger partial charge in [0.15, 0.2) is 0 Å². The number of nitrogen functional groups attached to an aromatic ring is 1. The van der Waals surface area contributed by atoms with Gasteiger partial charge in [-0.05, 0) is 38.5 Å². The fourth-order valence-corrected chi connectivity index (χ4v) is 3.88. The summed E-state index contributed by atoms with van der Waals surface area (Å²) in [6.07, 6.45) is -4.64. The third-order valence-corrected chi connectivity index (χ3v) is 5.28. The smallest absolute Gasteiger partial charge is 0.397 e. The van der Waals surface area contributed by atoms with Crippen LogP contribution in [0.5, 0.6) is 0 Å². The summed E-state index contributed by atoms with van der Waals surface area (Å²) in [6.45, 7) is 2.63. The van der Waals surface area contributed by atoms with Crippen LogP contribution in [-0.2, 0) is 10.0 Å². The number of anilines is 1. The summed E-state index contributed by atoms with van der Waals surface area (Å²) in [4.78, 5) is -0.276. The predicted molar refractivity (Wildman–Crippen MR) is 75.7 cm³/mol. The maximum atomic E-state index is 12.6. The Labute approximate surface area is 126 Å². The molecule has 0 spiro atoms. The molecular formula is C12H16ClF3N2O2S. The molecule has 0 aliphatic heterocycles. The van der Waals surface area contributed by atoms with Crippen LogP contribution in [0.1, 0.15) is 19.4 Å². The summed E-state index contributed by atoms with van der Waals surface area (Å²) in [6, 6.07) is 1.54. The lowest BCUT2D eigenvalue weighted by atomic mass is 10.2. The molecule has 0 radical (unpaired) electrons. The van der Waals surface area contributed by atoms with Gasteiger partial charge in [-0.2, -0.15) is 17.5 Å². The highest BCUT2D eigenvalue weighted by Gasteiger charge is 2.39. The number of hydrogen-bond acceptors (Lipinski definition) is 3. The Bertz CT molecular complexity index is 630. The van der Waals surface area contributed by atoms with Crippen molar-refractivity contribution >= 4 is 27.3 Å². The predicted octanol–water partition coefficient (Wildman–Crippen LogP) is 3.19. The van der Waals surface area contributed by atoms with Crippen LogP contribution >= 0.6 is 11.6 Å². The van der Waals surface area contributed by atoms with Crippen molar-refractivity contribution < 1.29 is 21.6 Å². The van der Waals surface area contributed by atoms with E-state index in [1.165, 1.54) is 26.8 Å². The van der Waals surface area contributed by atoms with E-state index in [1.807, 2.05) is 0 Å². The number of nitrogens with zero attached hydrogens (tertiary/aromatic N) is 1. The fraction of sp³-hybridized carbons (Fsp3) is 0.500. The van der Waals surface area contributed by atoms with Crippen molar-refractivity contribution in [3.05, 3.63) is 22.7 Å². The summed E-state index contributed by atoms with van der Waals surface area (Å²) >= 11 is 5.77. The molecule has 0 aromatic heterocycles. The molecule has 0 unspecified atom stereocenters. The zero-order valence-electron chi connectivity index (χ0n) is 11.7. The number of nitrogens with two attached hydrogens (primary N) is 1. The highest BCUT2D eigenvalue weighted by atomic mass is 35.5. The van der Waals surface area contributed by atoms with Crippen LogP contribution in [0.4, 0.5) is 18.9 Å². The highest BCUT2D eigenvalue weighted by Crippen LogP contribution is 2.30. The van der Waals surface area contributed by atoms with Crippen molar-refractivity contribution in [1.29, 1.82) is 0 Å². The Morgan fingerprint density at radius 1 is 1.33 bits per heavy atom. The van der Waals surface area contributed by atoms with Gasteiger partial charge in [-0.3, -0.25) is 0 Å². The van der Waals surface area contributed by atoms with Gasteiger partial charge in [0.1, 0.15) is 6.54 Å². The monoisotopic (exact) mass is 344 g/mol. The van der Waals surface area contributed by atoms with Gasteiger partial charge >= 0.3 is 6.18 Å². The summed E-state index contributed by atoms with van der Waals surface area (Å²) in [5.74, 6) is 0. The van der Waals surface area contributed by atoms with Crippen molar-refractivity contribution in [1.82, 2.24) is 4.31 Å². The number of rotatable bonds is 4. The van der Waals surface area contributed by atoms with E-state index >= 15 is 0 Å². The molecule has 21 heavy (non-hydrogen) atoms. The average Bonchev–Trinajstić information content (AvgIpc) is 2.29. The Kier molecular flexibility index (Phi) is 5.18. The molecule has 4 nitrogen and oxygen atoms in total. The van der Waals surface area contributed by atoms with Gasteiger partial charge in [-0.25, -0.2) is 8.42 Å². The second-order valence-electron chi connectivity index (χ2n) is 4.90. The molecule has 0 bridgehead atoms. The Balaban J connectivity index is 3.40. The second kappa shape index (κ2) is 6.02. The maximum Gasteiger partial charge on any atom is 0.402 e. The van der Waals surface area contributed by atoms with Crippen molar-refractivity contribution in [2.24, 2.45) is 0 Å². The third-order valence-electron chi connectivity index (χ3n) is 2.79. The minimum Gasteiger partial charge on any atom is -0.397 e. The van der Waals surface area contributed by atoms with Gasteiger partial charge in [-0.15, -0.1) is 0 Å². The molecule has 1 aromatic rings. The standard InChI is InChI=1S/C12H16ClF3N2O2S/c1-7(2)18(6-12(14,15)16)21(19,20)11-5-10(17)9(13)4-8(11)3/h4-5,7H,6,17H2,1-3H3. The zero-order valence-corrected chi connectivity index (χ0v) is 13.3. The topological polar surface area (TPSA) is 63.4 Å². The molecule has 0 aliphatic rings. The van der Waals surface area contributed by atoms with E-state index in [4.69, 9.17) is 17.3 Å². The van der Waals surface area contributed by atoms with Gasteiger partial charge in [-0.1, -0.05) is 11.6 Å². The number of sulfonamides is 1. The number of benzene rings is 1. The second-order valence-corrected chi connectivity index (χ2v) is 7.16. The molecule has 0 fully saturated rings. The minimum atomic E-state index is -4.64. The molecule has 0 atom stereocenters. The first-order valence-electron chi connectivity index (χ1n) is 6.00. The molecule has 0 aliphatic carbocycles. The Morgan fingerprint density at radius 3 is 2.29 bits per heavy atom.